The maximum atomic E-state index is 5.16. The van der Waals surface area contributed by atoms with Gasteiger partial charge in [0.05, 0.1) is 22.4 Å². The molecule has 0 bridgehead atoms. The van der Waals surface area contributed by atoms with Crippen LogP contribution >= 0.6 is 22.7 Å². The van der Waals surface area contributed by atoms with Crippen molar-refractivity contribution < 1.29 is 0 Å². The summed E-state index contributed by atoms with van der Waals surface area (Å²) in [5.41, 5.74) is 18.9. The largest absolute Gasteiger partial charge is 0.245 e. The Morgan fingerprint density at radius 3 is 1.12 bits per heavy atom. The van der Waals surface area contributed by atoms with Gasteiger partial charge in [-0.05, 0) is 93.0 Å². The van der Waals surface area contributed by atoms with E-state index in [4.69, 9.17) is 19.9 Å². The van der Waals surface area contributed by atoms with E-state index in [1.165, 1.54) is 67.2 Å². The van der Waals surface area contributed by atoms with E-state index in [2.05, 4.69) is 169 Å². The van der Waals surface area contributed by atoms with E-state index in [0.717, 1.165) is 77.1 Å². The molecule has 10 heteroatoms. The molecule has 6 heterocycles. The molecule has 11 aromatic rings. The normalized spacial score (nSPS) is 14.0. The van der Waals surface area contributed by atoms with E-state index in [-0.39, 0.29) is 10.8 Å². The maximum absolute atomic E-state index is 5.16. The predicted molar refractivity (Wildman–Crippen MR) is 267 cm³/mol. The van der Waals surface area contributed by atoms with E-state index < -0.39 is 0 Å². The van der Waals surface area contributed by atoms with Gasteiger partial charge in [-0.2, -0.15) is 0 Å². The Labute approximate surface area is 388 Å². The van der Waals surface area contributed by atoms with Gasteiger partial charge in [-0.1, -0.05) is 160 Å². The van der Waals surface area contributed by atoms with Gasteiger partial charge in [0, 0.05) is 32.7 Å². The Balaban J connectivity index is 0.788. The van der Waals surface area contributed by atoms with Crippen molar-refractivity contribution in [1.82, 2.24) is 40.3 Å². The van der Waals surface area contributed by atoms with Crippen LogP contribution in [0.3, 0.4) is 0 Å². The van der Waals surface area contributed by atoms with E-state index in [9.17, 15) is 0 Å². The summed E-state index contributed by atoms with van der Waals surface area (Å²) in [6, 6.07) is 55.3. The number of hydrogen-bond donors (Lipinski definition) is 0. The molecule has 5 aromatic carbocycles. The quantitative estimate of drug-likeness (QED) is 0.152. The van der Waals surface area contributed by atoms with Crippen LogP contribution in [0.1, 0.15) is 49.9 Å². The molecule has 0 N–H and O–H groups in total. The minimum atomic E-state index is -0.0908. The molecule has 6 aromatic heterocycles. The number of hydrogen-bond acceptors (Lipinski definition) is 10. The van der Waals surface area contributed by atoms with Crippen LogP contribution in [0.5, 0.6) is 0 Å². The van der Waals surface area contributed by atoms with Crippen LogP contribution in [0.2, 0.25) is 0 Å². The zero-order chi connectivity index (χ0) is 44.3. The molecule has 314 valence electrons. The molecule has 2 aliphatic carbocycles. The molecule has 0 radical (unpaired) electrons. The zero-order valence-electron chi connectivity index (χ0n) is 36.4. The summed E-state index contributed by atoms with van der Waals surface area (Å²) in [5.74, 6) is 0. The molecule has 0 unspecified atom stereocenters. The highest BCUT2D eigenvalue weighted by atomic mass is 32.1. The highest BCUT2D eigenvalue weighted by Crippen LogP contribution is 2.51. The van der Waals surface area contributed by atoms with Crippen molar-refractivity contribution in [2.75, 3.05) is 0 Å². The lowest BCUT2D eigenvalue weighted by atomic mass is 9.82. The lowest BCUT2D eigenvalue weighted by Crippen LogP contribution is -2.14. The van der Waals surface area contributed by atoms with Crippen molar-refractivity contribution in [3.8, 4) is 87.6 Å². The average Bonchev–Trinajstić information content (AvgIpc) is 4.15. The van der Waals surface area contributed by atoms with Gasteiger partial charge in [0.25, 0.3) is 0 Å². The van der Waals surface area contributed by atoms with Gasteiger partial charge in [-0.25, -0.2) is 19.9 Å². The first kappa shape index (κ1) is 38.8. The number of benzene rings is 5. The molecule has 2 aliphatic rings. The third-order valence-electron chi connectivity index (χ3n) is 13.5. The van der Waals surface area contributed by atoms with Gasteiger partial charge in [-0.15, -0.1) is 20.4 Å². The first-order valence-corrected chi connectivity index (χ1v) is 23.6. The summed E-state index contributed by atoms with van der Waals surface area (Å²) in [6.07, 6.45) is 0. The summed E-state index contributed by atoms with van der Waals surface area (Å²) in [4.78, 5) is 20.5. The standard InChI is InChI=1S/C56H38N8S2/c1-55(2)39-13-7-5-11-35(39)37-25-21-33(29-41(37)55)43-15-9-17-45(57-43)51-61-63-53(65-51)47-27-23-31-19-20-32-24-28-48(60-50(32)49(31)59-47)54-64-62-52(66-54)46-18-10-16-44(58-46)34-22-26-38-36-12-6-8-14-40(36)56(3,4)42(38)30-34/h5-30H,1-4H3. The smallest absolute Gasteiger partial charge is 0.166 e. The van der Waals surface area contributed by atoms with E-state index in [0.29, 0.717) is 10.0 Å². The molecule has 0 saturated heterocycles. The van der Waals surface area contributed by atoms with Crippen LogP contribution in [-0.2, 0) is 10.8 Å². The van der Waals surface area contributed by atoms with Crippen molar-refractivity contribution in [2.45, 2.75) is 38.5 Å². The van der Waals surface area contributed by atoms with Crippen molar-refractivity contribution in [2.24, 2.45) is 0 Å². The molecule has 66 heavy (non-hydrogen) atoms. The molecular weight excluding hydrogens is 849 g/mol. The Morgan fingerprint density at radius 1 is 0.318 bits per heavy atom. The van der Waals surface area contributed by atoms with Crippen molar-refractivity contribution >= 4 is 44.5 Å². The summed E-state index contributed by atoms with van der Waals surface area (Å²) in [6.45, 7) is 9.20. The van der Waals surface area contributed by atoms with E-state index in [1.807, 2.05) is 36.4 Å². The summed E-state index contributed by atoms with van der Waals surface area (Å²) >= 11 is 2.96. The van der Waals surface area contributed by atoms with Gasteiger partial charge in [-0.3, -0.25) is 0 Å². The number of nitrogens with zero attached hydrogens (tertiary/aromatic N) is 8. The van der Waals surface area contributed by atoms with Gasteiger partial charge >= 0.3 is 0 Å². The fourth-order valence-corrected chi connectivity index (χ4v) is 11.6. The number of rotatable bonds is 6. The second kappa shape index (κ2) is 14.4. The van der Waals surface area contributed by atoms with Crippen molar-refractivity contribution in [1.29, 1.82) is 0 Å². The van der Waals surface area contributed by atoms with E-state index >= 15 is 0 Å². The van der Waals surface area contributed by atoms with Gasteiger partial charge in [0.2, 0.25) is 0 Å². The minimum Gasteiger partial charge on any atom is -0.245 e. The molecule has 8 nitrogen and oxygen atoms in total. The van der Waals surface area contributed by atoms with Crippen LogP contribution in [0, 0.1) is 0 Å². The Morgan fingerprint density at radius 2 is 0.682 bits per heavy atom. The van der Waals surface area contributed by atoms with Crippen LogP contribution in [0.25, 0.3) is 109 Å². The summed E-state index contributed by atoms with van der Waals surface area (Å²) < 4.78 is 0. The van der Waals surface area contributed by atoms with Crippen LogP contribution < -0.4 is 0 Å². The lowest BCUT2D eigenvalue weighted by Gasteiger charge is -2.21. The zero-order valence-corrected chi connectivity index (χ0v) is 38.0. The molecule has 13 rings (SSSR count). The van der Waals surface area contributed by atoms with Gasteiger partial charge < -0.3 is 0 Å². The topological polar surface area (TPSA) is 103 Å². The van der Waals surface area contributed by atoms with Gasteiger partial charge in [0.1, 0.15) is 22.8 Å². The third kappa shape index (κ3) is 6.02. The fourth-order valence-electron chi connectivity index (χ4n) is 10.0. The van der Waals surface area contributed by atoms with E-state index in [1.54, 1.807) is 0 Å². The SMILES string of the molecule is CC1(C)c2ccccc2-c2ccc(-c3cccc(-c4nnc(-c5ccc6ccc7ccc(-c8nnc(-c9cccc(-c%10ccc%11c(c%10)C(C)(C)c%10ccccc%10-%11)n9)s8)nc7c6n5)s4)n3)cc21. The second-order valence-electron chi connectivity index (χ2n) is 18.1. The van der Waals surface area contributed by atoms with Gasteiger partial charge in [0.15, 0.2) is 20.0 Å². The minimum absolute atomic E-state index is 0.0908. The third-order valence-corrected chi connectivity index (χ3v) is 15.4. The lowest BCUT2D eigenvalue weighted by molar-refractivity contribution is 0.660. The first-order chi connectivity index (χ1) is 32.2. The Kier molecular flexibility index (Phi) is 8.47. The highest BCUT2D eigenvalue weighted by Gasteiger charge is 2.36. The molecule has 0 saturated carbocycles. The number of pyridine rings is 4. The summed E-state index contributed by atoms with van der Waals surface area (Å²) in [5, 5.41) is 23.3. The van der Waals surface area contributed by atoms with Crippen LogP contribution in [-0.4, -0.2) is 40.3 Å². The monoisotopic (exact) mass is 886 g/mol. The summed E-state index contributed by atoms with van der Waals surface area (Å²) in [7, 11) is 0. The number of aromatic nitrogens is 8. The molecule has 0 amide bonds. The van der Waals surface area contributed by atoms with Crippen molar-refractivity contribution in [3.05, 3.63) is 180 Å². The molecular formula is C56H38N8S2. The molecule has 0 spiro atoms. The molecule has 0 fully saturated rings. The first-order valence-electron chi connectivity index (χ1n) is 22.0. The predicted octanol–water partition coefficient (Wildman–Crippen LogP) is 13.9. The van der Waals surface area contributed by atoms with Crippen LogP contribution in [0.15, 0.2) is 158 Å². The van der Waals surface area contributed by atoms with Crippen LogP contribution in [0.4, 0.5) is 0 Å². The average molecular weight is 887 g/mol. The highest BCUT2D eigenvalue weighted by molar-refractivity contribution is 7.18. The Hall–Kier alpha value is -7.66. The maximum Gasteiger partial charge on any atom is 0.166 e. The fraction of sp³-hybridized carbons (Fsp3) is 0.107. The molecule has 0 atom stereocenters. The van der Waals surface area contributed by atoms with Crippen molar-refractivity contribution in [3.63, 3.8) is 0 Å². The molecule has 0 aliphatic heterocycles. The second-order valence-corrected chi connectivity index (χ2v) is 20.1. The Bertz CT molecular complexity index is 3560. The number of fused-ring (bicyclic) bond motifs is 9.